The van der Waals surface area contributed by atoms with Gasteiger partial charge in [0.05, 0.1) is 5.02 Å². The normalized spacial score (nSPS) is 24.9. The van der Waals surface area contributed by atoms with Crippen LogP contribution in [-0.2, 0) is 10.0 Å². The highest BCUT2D eigenvalue weighted by molar-refractivity contribution is 7.89. The number of halogens is 1. The number of hydrogen-bond donors (Lipinski definition) is 2. The summed E-state index contributed by atoms with van der Waals surface area (Å²) in [5, 5.41) is 0.234. The van der Waals surface area contributed by atoms with Gasteiger partial charge in [-0.15, -0.1) is 0 Å². The van der Waals surface area contributed by atoms with Crippen molar-refractivity contribution in [2.45, 2.75) is 49.1 Å². The van der Waals surface area contributed by atoms with Crippen LogP contribution in [0.1, 0.15) is 32.1 Å². The molecule has 0 bridgehead atoms. The highest BCUT2D eigenvalue weighted by Gasteiger charge is 2.27. The van der Waals surface area contributed by atoms with Crippen molar-refractivity contribution in [2.75, 3.05) is 0 Å². The molecule has 1 aromatic carbocycles. The second-order valence-electron chi connectivity index (χ2n) is 4.96. The third-order valence-electron chi connectivity index (χ3n) is 3.50. The highest BCUT2D eigenvalue weighted by atomic mass is 35.5. The Morgan fingerprint density at radius 2 is 1.84 bits per heavy atom. The molecule has 0 saturated heterocycles. The molecular formula is C13H19ClN2O2S. The van der Waals surface area contributed by atoms with E-state index in [1.54, 1.807) is 18.2 Å². The summed E-state index contributed by atoms with van der Waals surface area (Å²) in [4.78, 5) is 0.119. The molecule has 1 aromatic rings. The fourth-order valence-corrected chi connectivity index (χ4v) is 4.25. The second kappa shape index (κ2) is 6.22. The molecule has 1 aliphatic rings. The first-order valence-electron chi connectivity index (χ1n) is 6.53. The van der Waals surface area contributed by atoms with E-state index in [1.165, 1.54) is 6.07 Å². The van der Waals surface area contributed by atoms with Gasteiger partial charge in [0, 0.05) is 12.1 Å². The summed E-state index contributed by atoms with van der Waals surface area (Å²) in [5.74, 6) is 0. The molecule has 2 atom stereocenters. The lowest BCUT2D eigenvalue weighted by Gasteiger charge is -2.22. The van der Waals surface area contributed by atoms with Crippen molar-refractivity contribution < 1.29 is 8.42 Å². The van der Waals surface area contributed by atoms with Gasteiger partial charge in [-0.2, -0.15) is 0 Å². The fraction of sp³-hybridized carbons (Fsp3) is 0.538. The van der Waals surface area contributed by atoms with Gasteiger partial charge in [0.15, 0.2) is 0 Å². The second-order valence-corrected chi connectivity index (χ2v) is 7.05. The molecule has 0 aliphatic heterocycles. The molecule has 0 spiro atoms. The highest BCUT2D eigenvalue weighted by Crippen LogP contribution is 2.23. The van der Waals surface area contributed by atoms with E-state index in [-0.39, 0.29) is 22.0 Å². The van der Waals surface area contributed by atoms with Gasteiger partial charge in [-0.25, -0.2) is 13.1 Å². The molecule has 1 saturated carbocycles. The molecule has 4 nitrogen and oxygen atoms in total. The SMILES string of the molecule is NC1CCCCCC1NS(=O)(=O)c1ccccc1Cl. The molecule has 0 amide bonds. The minimum absolute atomic E-state index is 0.119. The maximum Gasteiger partial charge on any atom is 0.242 e. The number of nitrogens with one attached hydrogen (secondary N) is 1. The lowest BCUT2D eigenvalue weighted by molar-refractivity contribution is 0.456. The van der Waals surface area contributed by atoms with Crippen molar-refractivity contribution in [1.29, 1.82) is 0 Å². The van der Waals surface area contributed by atoms with Crippen LogP contribution in [0.2, 0.25) is 5.02 Å². The van der Waals surface area contributed by atoms with Crippen molar-refractivity contribution in [3.8, 4) is 0 Å². The monoisotopic (exact) mass is 302 g/mol. The lowest BCUT2D eigenvalue weighted by atomic mass is 10.1. The van der Waals surface area contributed by atoms with Crippen molar-refractivity contribution in [2.24, 2.45) is 5.73 Å². The maximum absolute atomic E-state index is 12.3. The molecule has 1 fully saturated rings. The molecule has 2 rings (SSSR count). The van der Waals surface area contributed by atoms with Crippen LogP contribution >= 0.6 is 11.6 Å². The third kappa shape index (κ3) is 3.69. The van der Waals surface area contributed by atoms with E-state index in [0.29, 0.717) is 0 Å². The minimum atomic E-state index is -3.60. The molecule has 2 unspecified atom stereocenters. The van der Waals surface area contributed by atoms with E-state index < -0.39 is 10.0 Å². The largest absolute Gasteiger partial charge is 0.326 e. The molecule has 19 heavy (non-hydrogen) atoms. The maximum atomic E-state index is 12.3. The minimum Gasteiger partial charge on any atom is -0.326 e. The zero-order valence-electron chi connectivity index (χ0n) is 10.7. The van der Waals surface area contributed by atoms with Crippen LogP contribution in [0, 0.1) is 0 Å². The van der Waals surface area contributed by atoms with Crippen LogP contribution in [0.25, 0.3) is 0 Å². The summed E-state index contributed by atoms with van der Waals surface area (Å²) in [6.45, 7) is 0. The molecule has 3 N–H and O–H groups in total. The molecule has 0 heterocycles. The molecular weight excluding hydrogens is 284 g/mol. The van der Waals surface area contributed by atoms with E-state index in [4.69, 9.17) is 17.3 Å². The van der Waals surface area contributed by atoms with Crippen molar-refractivity contribution in [3.05, 3.63) is 29.3 Å². The third-order valence-corrected chi connectivity index (χ3v) is 5.49. The van der Waals surface area contributed by atoms with Gasteiger partial charge in [0.2, 0.25) is 10.0 Å². The number of hydrogen-bond acceptors (Lipinski definition) is 3. The average Bonchev–Trinajstić information content (AvgIpc) is 2.55. The summed E-state index contributed by atoms with van der Waals surface area (Å²) in [6, 6.07) is 6.12. The van der Waals surface area contributed by atoms with Crippen LogP contribution in [0.15, 0.2) is 29.2 Å². The molecule has 6 heteroatoms. The Morgan fingerprint density at radius 3 is 2.58 bits per heavy atom. The first-order valence-corrected chi connectivity index (χ1v) is 8.39. The Bertz CT molecular complexity index is 533. The summed E-state index contributed by atoms with van der Waals surface area (Å²) in [7, 11) is -3.60. The van der Waals surface area contributed by atoms with Gasteiger partial charge in [0.25, 0.3) is 0 Å². The Kier molecular flexibility index (Phi) is 4.84. The van der Waals surface area contributed by atoms with E-state index in [2.05, 4.69) is 4.72 Å². The van der Waals surface area contributed by atoms with E-state index >= 15 is 0 Å². The van der Waals surface area contributed by atoms with Crippen LogP contribution in [-0.4, -0.2) is 20.5 Å². The van der Waals surface area contributed by atoms with Gasteiger partial charge in [-0.05, 0) is 25.0 Å². The van der Waals surface area contributed by atoms with E-state index in [9.17, 15) is 8.42 Å². The van der Waals surface area contributed by atoms with Gasteiger partial charge in [-0.1, -0.05) is 43.0 Å². The quantitative estimate of drug-likeness (QED) is 0.841. The number of rotatable bonds is 3. The molecule has 0 radical (unpaired) electrons. The number of sulfonamides is 1. The topological polar surface area (TPSA) is 72.2 Å². The van der Waals surface area contributed by atoms with E-state index in [0.717, 1.165) is 32.1 Å². The summed E-state index contributed by atoms with van der Waals surface area (Å²) < 4.78 is 27.4. The Morgan fingerprint density at radius 1 is 1.16 bits per heavy atom. The van der Waals surface area contributed by atoms with Crippen molar-refractivity contribution >= 4 is 21.6 Å². The van der Waals surface area contributed by atoms with Gasteiger partial charge in [0.1, 0.15) is 4.90 Å². The number of nitrogens with two attached hydrogens (primary N) is 1. The first-order chi connectivity index (χ1) is 9.00. The number of benzene rings is 1. The van der Waals surface area contributed by atoms with Crippen LogP contribution < -0.4 is 10.5 Å². The Balaban J connectivity index is 2.19. The zero-order chi connectivity index (χ0) is 13.9. The molecule has 0 aromatic heterocycles. The standard InChI is InChI=1S/C13H19ClN2O2S/c14-10-6-4-5-9-13(10)19(17,18)16-12-8-3-1-2-7-11(12)15/h4-6,9,11-12,16H,1-3,7-8,15H2. The Hall–Kier alpha value is -0.620. The first kappa shape index (κ1) is 14.8. The molecule has 1 aliphatic carbocycles. The fourth-order valence-electron chi connectivity index (χ4n) is 2.41. The van der Waals surface area contributed by atoms with Gasteiger partial charge < -0.3 is 5.73 Å². The summed E-state index contributed by atoms with van der Waals surface area (Å²) in [6.07, 6.45) is 4.81. The van der Waals surface area contributed by atoms with Crippen LogP contribution in [0.5, 0.6) is 0 Å². The van der Waals surface area contributed by atoms with Crippen molar-refractivity contribution in [1.82, 2.24) is 4.72 Å². The van der Waals surface area contributed by atoms with Crippen LogP contribution in [0.3, 0.4) is 0 Å². The molecule has 106 valence electrons. The smallest absolute Gasteiger partial charge is 0.242 e. The predicted octanol–water partition coefficient (Wildman–Crippen LogP) is 2.28. The van der Waals surface area contributed by atoms with E-state index in [1.807, 2.05) is 0 Å². The lowest BCUT2D eigenvalue weighted by Crippen LogP contribution is -2.46. The van der Waals surface area contributed by atoms with Crippen molar-refractivity contribution in [3.63, 3.8) is 0 Å². The average molecular weight is 303 g/mol. The van der Waals surface area contributed by atoms with Gasteiger partial charge >= 0.3 is 0 Å². The summed E-state index contributed by atoms with van der Waals surface area (Å²) >= 11 is 5.94. The summed E-state index contributed by atoms with van der Waals surface area (Å²) in [5.41, 5.74) is 6.04. The predicted molar refractivity (Wildman–Crippen MR) is 76.6 cm³/mol. The Labute approximate surface area is 119 Å². The van der Waals surface area contributed by atoms with Crippen LogP contribution in [0.4, 0.5) is 0 Å². The zero-order valence-corrected chi connectivity index (χ0v) is 12.3. The van der Waals surface area contributed by atoms with Gasteiger partial charge in [-0.3, -0.25) is 0 Å².